The Kier molecular flexibility index (Phi) is 5.81. The van der Waals surface area contributed by atoms with Crippen molar-refractivity contribution < 1.29 is 14.3 Å². The molecule has 0 radical (unpaired) electrons. The number of carbonyl (C=O) groups is 1. The standard InChI is InChI=1S/C15H28N2O3/c1-11(2)16-12(15(18)19-3)10-17-8-9-20-14-7-5-4-6-13(14)17/h11-14,16H,4-10H2,1-3H3. The second-order valence-electron chi connectivity index (χ2n) is 6.15. The number of nitrogens with zero attached hydrogens (tertiary/aromatic N) is 1. The topological polar surface area (TPSA) is 50.8 Å². The molecule has 0 aromatic heterocycles. The summed E-state index contributed by atoms with van der Waals surface area (Å²) in [5.74, 6) is -0.169. The van der Waals surface area contributed by atoms with E-state index in [1.807, 2.05) is 0 Å². The van der Waals surface area contributed by atoms with Crippen LogP contribution in [0, 0.1) is 0 Å². The van der Waals surface area contributed by atoms with Gasteiger partial charge >= 0.3 is 5.97 Å². The first kappa shape index (κ1) is 15.7. The first-order valence-electron chi connectivity index (χ1n) is 7.81. The summed E-state index contributed by atoms with van der Waals surface area (Å²) in [6.07, 6.45) is 5.22. The van der Waals surface area contributed by atoms with E-state index in [9.17, 15) is 4.79 Å². The first-order chi connectivity index (χ1) is 9.61. The van der Waals surface area contributed by atoms with E-state index in [-0.39, 0.29) is 18.1 Å². The lowest BCUT2D eigenvalue weighted by Gasteiger charge is -2.44. The highest BCUT2D eigenvalue weighted by molar-refractivity contribution is 5.76. The highest BCUT2D eigenvalue weighted by Crippen LogP contribution is 2.28. The quantitative estimate of drug-likeness (QED) is 0.768. The van der Waals surface area contributed by atoms with Crippen molar-refractivity contribution in [3.8, 4) is 0 Å². The minimum absolute atomic E-state index is 0.169. The minimum atomic E-state index is -0.249. The molecule has 0 amide bonds. The van der Waals surface area contributed by atoms with E-state index in [1.165, 1.54) is 26.4 Å². The van der Waals surface area contributed by atoms with Crippen LogP contribution in [0.1, 0.15) is 39.5 Å². The number of hydrogen-bond acceptors (Lipinski definition) is 5. The van der Waals surface area contributed by atoms with Crippen LogP contribution in [0.5, 0.6) is 0 Å². The summed E-state index contributed by atoms with van der Waals surface area (Å²) >= 11 is 0. The van der Waals surface area contributed by atoms with Gasteiger partial charge in [0.2, 0.25) is 0 Å². The van der Waals surface area contributed by atoms with Crippen molar-refractivity contribution in [2.24, 2.45) is 0 Å². The van der Waals surface area contributed by atoms with Gasteiger partial charge in [-0.25, -0.2) is 0 Å². The Morgan fingerprint density at radius 3 is 2.85 bits per heavy atom. The maximum absolute atomic E-state index is 11.9. The molecule has 116 valence electrons. The predicted octanol–water partition coefficient (Wildman–Crippen LogP) is 1.17. The number of hydrogen-bond donors (Lipinski definition) is 1. The summed E-state index contributed by atoms with van der Waals surface area (Å²) in [7, 11) is 1.46. The van der Waals surface area contributed by atoms with Gasteiger partial charge in [-0.1, -0.05) is 26.7 Å². The van der Waals surface area contributed by atoms with E-state index < -0.39 is 0 Å². The summed E-state index contributed by atoms with van der Waals surface area (Å²) in [6.45, 7) is 6.51. The van der Waals surface area contributed by atoms with Gasteiger partial charge in [-0.2, -0.15) is 0 Å². The van der Waals surface area contributed by atoms with Crippen molar-refractivity contribution in [3.63, 3.8) is 0 Å². The monoisotopic (exact) mass is 284 g/mol. The van der Waals surface area contributed by atoms with Crippen molar-refractivity contribution in [2.75, 3.05) is 26.8 Å². The molecular formula is C15H28N2O3. The van der Waals surface area contributed by atoms with Gasteiger partial charge in [0.25, 0.3) is 0 Å². The lowest BCUT2D eigenvalue weighted by Crippen LogP contribution is -2.58. The maximum atomic E-state index is 11.9. The fourth-order valence-corrected chi connectivity index (χ4v) is 3.38. The average Bonchev–Trinajstić information content (AvgIpc) is 2.45. The summed E-state index contributed by atoms with van der Waals surface area (Å²) in [4.78, 5) is 14.4. The zero-order valence-corrected chi connectivity index (χ0v) is 12.9. The summed E-state index contributed by atoms with van der Waals surface area (Å²) in [5.41, 5.74) is 0. The van der Waals surface area contributed by atoms with Crippen LogP contribution in [-0.2, 0) is 14.3 Å². The number of fused-ring (bicyclic) bond motifs is 1. The fourth-order valence-electron chi connectivity index (χ4n) is 3.38. The van der Waals surface area contributed by atoms with Crippen molar-refractivity contribution in [1.29, 1.82) is 0 Å². The molecule has 2 rings (SSSR count). The van der Waals surface area contributed by atoms with Crippen molar-refractivity contribution in [3.05, 3.63) is 0 Å². The fraction of sp³-hybridized carbons (Fsp3) is 0.933. The molecule has 3 atom stereocenters. The molecule has 0 aromatic rings. The maximum Gasteiger partial charge on any atom is 0.324 e. The third-order valence-corrected chi connectivity index (χ3v) is 4.28. The number of ether oxygens (including phenoxy) is 2. The highest BCUT2D eigenvalue weighted by Gasteiger charge is 2.36. The molecule has 1 N–H and O–H groups in total. The molecule has 5 nitrogen and oxygen atoms in total. The van der Waals surface area contributed by atoms with Crippen LogP contribution in [0.3, 0.4) is 0 Å². The van der Waals surface area contributed by atoms with E-state index in [0.29, 0.717) is 12.1 Å². The molecule has 2 fully saturated rings. The number of esters is 1. The Balaban J connectivity index is 1.98. The second-order valence-corrected chi connectivity index (χ2v) is 6.15. The Morgan fingerprint density at radius 2 is 2.15 bits per heavy atom. The van der Waals surface area contributed by atoms with Crippen molar-refractivity contribution >= 4 is 5.97 Å². The van der Waals surface area contributed by atoms with Gasteiger partial charge in [0, 0.05) is 25.2 Å². The lowest BCUT2D eigenvalue weighted by molar-refractivity contribution is -0.146. The zero-order chi connectivity index (χ0) is 14.5. The van der Waals surface area contributed by atoms with Crippen LogP contribution in [0.2, 0.25) is 0 Å². The number of nitrogens with one attached hydrogen (secondary N) is 1. The molecule has 2 aliphatic rings. The average molecular weight is 284 g/mol. The lowest BCUT2D eigenvalue weighted by atomic mass is 9.90. The van der Waals surface area contributed by atoms with E-state index in [4.69, 9.17) is 9.47 Å². The summed E-state index contributed by atoms with van der Waals surface area (Å²) < 4.78 is 10.8. The van der Waals surface area contributed by atoms with Crippen LogP contribution in [0.25, 0.3) is 0 Å². The van der Waals surface area contributed by atoms with E-state index in [1.54, 1.807) is 0 Å². The molecule has 1 aliphatic heterocycles. The van der Waals surface area contributed by atoms with Crippen LogP contribution in [0.15, 0.2) is 0 Å². The van der Waals surface area contributed by atoms with Gasteiger partial charge in [-0.15, -0.1) is 0 Å². The molecule has 20 heavy (non-hydrogen) atoms. The number of methoxy groups -OCH3 is 1. The molecule has 5 heteroatoms. The molecule has 3 unspecified atom stereocenters. The van der Waals surface area contributed by atoms with Gasteiger partial charge in [0.05, 0.1) is 19.8 Å². The third kappa shape index (κ3) is 3.93. The molecular weight excluding hydrogens is 256 g/mol. The van der Waals surface area contributed by atoms with Gasteiger partial charge in [0.15, 0.2) is 0 Å². The Hall–Kier alpha value is -0.650. The number of morpholine rings is 1. The Bertz CT molecular complexity index is 320. The SMILES string of the molecule is COC(=O)C(CN1CCOC2CCCCC21)NC(C)C. The number of carbonyl (C=O) groups excluding carboxylic acids is 1. The normalized spacial score (nSPS) is 29.0. The molecule has 1 heterocycles. The Labute approximate surface area is 122 Å². The van der Waals surface area contributed by atoms with E-state index in [2.05, 4.69) is 24.1 Å². The largest absolute Gasteiger partial charge is 0.468 e. The van der Waals surface area contributed by atoms with E-state index in [0.717, 1.165) is 26.1 Å². The highest BCUT2D eigenvalue weighted by atomic mass is 16.5. The Morgan fingerprint density at radius 1 is 1.40 bits per heavy atom. The molecule has 0 spiro atoms. The van der Waals surface area contributed by atoms with Crippen molar-refractivity contribution in [1.82, 2.24) is 10.2 Å². The van der Waals surface area contributed by atoms with Crippen LogP contribution < -0.4 is 5.32 Å². The summed E-state index contributed by atoms with van der Waals surface area (Å²) in [5, 5.41) is 3.32. The third-order valence-electron chi connectivity index (χ3n) is 4.28. The minimum Gasteiger partial charge on any atom is -0.468 e. The van der Waals surface area contributed by atoms with Gasteiger partial charge in [-0.05, 0) is 12.8 Å². The van der Waals surface area contributed by atoms with Crippen LogP contribution in [0.4, 0.5) is 0 Å². The van der Waals surface area contributed by atoms with Crippen molar-refractivity contribution in [2.45, 2.75) is 63.8 Å². The van der Waals surface area contributed by atoms with Crippen LogP contribution >= 0.6 is 0 Å². The van der Waals surface area contributed by atoms with Gasteiger partial charge in [0.1, 0.15) is 6.04 Å². The molecule has 0 bridgehead atoms. The van der Waals surface area contributed by atoms with Gasteiger partial charge in [-0.3, -0.25) is 9.69 Å². The molecule has 0 aromatic carbocycles. The predicted molar refractivity (Wildman–Crippen MR) is 77.6 cm³/mol. The second kappa shape index (κ2) is 7.38. The van der Waals surface area contributed by atoms with E-state index >= 15 is 0 Å². The summed E-state index contributed by atoms with van der Waals surface area (Å²) in [6, 6.07) is 0.488. The van der Waals surface area contributed by atoms with Gasteiger partial charge < -0.3 is 14.8 Å². The molecule has 1 saturated heterocycles. The number of rotatable bonds is 5. The molecule has 1 aliphatic carbocycles. The smallest absolute Gasteiger partial charge is 0.324 e. The first-order valence-corrected chi connectivity index (χ1v) is 7.81. The van der Waals surface area contributed by atoms with Crippen LogP contribution in [-0.4, -0.2) is 61.9 Å². The zero-order valence-electron chi connectivity index (χ0n) is 12.9. The molecule has 1 saturated carbocycles.